The molecule has 0 unspecified atom stereocenters. The van der Waals surface area contributed by atoms with E-state index in [1.54, 1.807) is 12.1 Å². The lowest BCUT2D eigenvalue weighted by Gasteiger charge is -2.11. The molecule has 1 heterocycles. The van der Waals surface area contributed by atoms with Crippen molar-refractivity contribution >= 4 is 17.6 Å². The summed E-state index contributed by atoms with van der Waals surface area (Å²) < 4.78 is 33.0. The molecule has 0 fully saturated rings. The average Bonchev–Trinajstić information content (AvgIpc) is 2.66. The highest BCUT2D eigenvalue weighted by atomic mass is 35.5. The summed E-state index contributed by atoms with van der Waals surface area (Å²) in [5.74, 6) is -2.78. The second-order valence-corrected chi connectivity index (χ2v) is 6.20. The molecule has 3 aromatic rings. The molecule has 0 bridgehead atoms. The molecule has 1 aromatic heterocycles. The molecule has 0 spiro atoms. The number of halogens is 3. The number of carboxylic acid groups (broad SMARTS) is 1. The summed E-state index contributed by atoms with van der Waals surface area (Å²) in [5, 5.41) is 8.73. The van der Waals surface area contributed by atoms with Crippen LogP contribution in [0.1, 0.15) is 21.5 Å². The standard InChI is InChI=1S/C19H13ClF2N2O4/c20-16-17(28-9-13-4-5-14(21)7-15(13)22)23-10-24(18(16)25)8-11-2-1-3-12(6-11)19(26)27/h1-7,10H,8-9H2,(H,26,27). The highest BCUT2D eigenvalue weighted by Gasteiger charge is 2.13. The number of carboxylic acids is 1. The van der Waals surface area contributed by atoms with Crippen molar-refractivity contribution in [3.63, 3.8) is 0 Å². The van der Waals surface area contributed by atoms with Crippen LogP contribution in [-0.2, 0) is 13.2 Å². The van der Waals surface area contributed by atoms with Gasteiger partial charge >= 0.3 is 5.97 Å². The minimum atomic E-state index is -1.08. The van der Waals surface area contributed by atoms with Crippen LogP contribution < -0.4 is 10.3 Å². The van der Waals surface area contributed by atoms with Crippen molar-refractivity contribution in [2.24, 2.45) is 0 Å². The number of rotatable bonds is 6. The molecule has 1 N–H and O–H groups in total. The number of carbonyl (C=O) groups is 1. The zero-order chi connectivity index (χ0) is 20.3. The first-order valence-electron chi connectivity index (χ1n) is 7.99. The maximum Gasteiger partial charge on any atom is 0.335 e. The molecule has 0 atom stereocenters. The van der Waals surface area contributed by atoms with Crippen molar-refractivity contribution in [1.82, 2.24) is 9.55 Å². The Morgan fingerprint density at radius 3 is 2.71 bits per heavy atom. The van der Waals surface area contributed by atoms with Crippen LogP contribution in [0.5, 0.6) is 5.88 Å². The summed E-state index contributed by atoms with van der Waals surface area (Å²) in [6.45, 7) is -0.234. The highest BCUT2D eigenvalue weighted by Crippen LogP contribution is 2.19. The van der Waals surface area contributed by atoms with Crippen LogP contribution in [0, 0.1) is 11.6 Å². The zero-order valence-corrected chi connectivity index (χ0v) is 15.0. The lowest BCUT2D eigenvalue weighted by atomic mass is 10.1. The first kappa shape index (κ1) is 19.5. The predicted octanol–water partition coefficient (Wildman–Crippen LogP) is 3.50. The monoisotopic (exact) mass is 406 g/mol. The highest BCUT2D eigenvalue weighted by molar-refractivity contribution is 6.31. The first-order valence-corrected chi connectivity index (χ1v) is 8.37. The van der Waals surface area contributed by atoms with Gasteiger partial charge in [-0.3, -0.25) is 9.36 Å². The van der Waals surface area contributed by atoms with E-state index in [4.69, 9.17) is 21.4 Å². The number of ether oxygens (including phenoxy) is 1. The maximum absolute atomic E-state index is 13.6. The Hall–Kier alpha value is -3.26. The summed E-state index contributed by atoms with van der Waals surface area (Å²) in [6, 6.07) is 9.12. The van der Waals surface area contributed by atoms with Gasteiger partial charge < -0.3 is 9.84 Å². The third-order valence-corrected chi connectivity index (χ3v) is 4.18. The van der Waals surface area contributed by atoms with Gasteiger partial charge in [-0.15, -0.1) is 0 Å². The predicted molar refractivity (Wildman–Crippen MR) is 96.7 cm³/mol. The molecular weight excluding hydrogens is 394 g/mol. The van der Waals surface area contributed by atoms with E-state index in [2.05, 4.69) is 4.98 Å². The van der Waals surface area contributed by atoms with Crippen LogP contribution in [-0.4, -0.2) is 20.6 Å². The van der Waals surface area contributed by atoms with Gasteiger partial charge in [0.05, 0.1) is 12.1 Å². The number of hydrogen-bond acceptors (Lipinski definition) is 4. The van der Waals surface area contributed by atoms with E-state index in [-0.39, 0.29) is 35.2 Å². The molecule has 6 nitrogen and oxygen atoms in total. The molecule has 3 rings (SSSR count). The van der Waals surface area contributed by atoms with Crippen molar-refractivity contribution in [2.45, 2.75) is 13.2 Å². The van der Waals surface area contributed by atoms with Gasteiger partial charge in [-0.2, -0.15) is 0 Å². The second kappa shape index (κ2) is 8.18. The molecule has 9 heteroatoms. The normalized spacial score (nSPS) is 10.7. The Kier molecular flexibility index (Phi) is 5.70. The molecule has 0 aliphatic heterocycles. The molecule has 2 aromatic carbocycles. The van der Waals surface area contributed by atoms with Gasteiger partial charge in [-0.25, -0.2) is 18.6 Å². The summed E-state index contributed by atoms with van der Waals surface area (Å²) in [5.41, 5.74) is 0.133. The molecule has 28 heavy (non-hydrogen) atoms. The van der Waals surface area contributed by atoms with Crippen LogP contribution >= 0.6 is 11.6 Å². The number of benzene rings is 2. The topological polar surface area (TPSA) is 81.4 Å². The fourth-order valence-electron chi connectivity index (χ4n) is 2.45. The van der Waals surface area contributed by atoms with Gasteiger partial charge in [0.25, 0.3) is 5.56 Å². The van der Waals surface area contributed by atoms with Gasteiger partial charge in [0.1, 0.15) is 24.6 Å². The Morgan fingerprint density at radius 2 is 2.00 bits per heavy atom. The zero-order valence-electron chi connectivity index (χ0n) is 14.2. The fourth-order valence-corrected chi connectivity index (χ4v) is 2.66. The van der Waals surface area contributed by atoms with Gasteiger partial charge in [-0.1, -0.05) is 23.7 Å². The SMILES string of the molecule is O=C(O)c1cccc(Cn2cnc(OCc3ccc(F)cc3F)c(Cl)c2=O)c1. The van der Waals surface area contributed by atoms with E-state index in [0.717, 1.165) is 12.1 Å². The molecule has 0 saturated heterocycles. The van der Waals surface area contributed by atoms with Crippen LogP contribution in [0.3, 0.4) is 0 Å². The summed E-state index contributed by atoms with van der Waals surface area (Å²) in [4.78, 5) is 27.4. The van der Waals surface area contributed by atoms with Crippen molar-refractivity contribution in [1.29, 1.82) is 0 Å². The Bertz CT molecular complexity index is 1100. The lowest BCUT2D eigenvalue weighted by Crippen LogP contribution is -2.22. The van der Waals surface area contributed by atoms with Gasteiger partial charge in [-0.05, 0) is 29.8 Å². The van der Waals surface area contributed by atoms with E-state index in [9.17, 15) is 18.4 Å². The van der Waals surface area contributed by atoms with E-state index >= 15 is 0 Å². The maximum atomic E-state index is 13.6. The number of aromatic nitrogens is 2. The van der Waals surface area contributed by atoms with E-state index < -0.39 is 23.2 Å². The Balaban J connectivity index is 1.78. The molecule has 0 aliphatic carbocycles. The average molecular weight is 407 g/mol. The number of hydrogen-bond donors (Lipinski definition) is 1. The van der Waals surface area contributed by atoms with Crippen LogP contribution in [0.2, 0.25) is 5.02 Å². The van der Waals surface area contributed by atoms with Gasteiger partial charge in [0.15, 0.2) is 5.02 Å². The Morgan fingerprint density at radius 1 is 1.21 bits per heavy atom. The van der Waals surface area contributed by atoms with E-state index in [0.29, 0.717) is 5.56 Å². The van der Waals surface area contributed by atoms with Gasteiger partial charge in [0.2, 0.25) is 5.88 Å². The molecule has 0 amide bonds. The third kappa shape index (κ3) is 4.34. The number of nitrogens with zero attached hydrogens (tertiary/aromatic N) is 2. The van der Waals surface area contributed by atoms with Crippen molar-refractivity contribution < 1.29 is 23.4 Å². The molecule has 0 radical (unpaired) electrons. The summed E-state index contributed by atoms with van der Waals surface area (Å²) in [6.07, 6.45) is 1.19. The van der Waals surface area contributed by atoms with E-state index in [1.807, 2.05) is 0 Å². The van der Waals surface area contributed by atoms with Crippen LogP contribution in [0.25, 0.3) is 0 Å². The lowest BCUT2D eigenvalue weighted by molar-refractivity contribution is 0.0696. The van der Waals surface area contributed by atoms with E-state index in [1.165, 1.54) is 29.1 Å². The molecule has 0 saturated carbocycles. The second-order valence-electron chi connectivity index (χ2n) is 5.83. The van der Waals surface area contributed by atoms with Crippen molar-refractivity contribution in [3.05, 3.63) is 92.5 Å². The minimum absolute atomic E-state index is 0.0551. The fraction of sp³-hybridized carbons (Fsp3) is 0.105. The van der Waals surface area contributed by atoms with Crippen LogP contribution in [0.15, 0.2) is 53.6 Å². The van der Waals surface area contributed by atoms with Crippen molar-refractivity contribution in [3.8, 4) is 5.88 Å². The smallest absolute Gasteiger partial charge is 0.335 e. The van der Waals surface area contributed by atoms with Gasteiger partial charge in [0, 0.05) is 11.6 Å². The first-order chi connectivity index (χ1) is 13.3. The Labute approximate surface area is 162 Å². The quantitative estimate of drug-likeness (QED) is 0.677. The van der Waals surface area contributed by atoms with Crippen molar-refractivity contribution in [2.75, 3.05) is 0 Å². The molecular formula is C19H13ClF2N2O4. The molecule has 144 valence electrons. The number of aromatic carboxylic acids is 1. The summed E-state index contributed by atoms with van der Waals surface area (Å²) >= 11 is 6.01. The summed E-state index contributed by atoms with van der Waals surface area (Å²) in [7, 11) is 0. The molecule has 0 aliphatic rings. The van der Waals surface area contributed by atoms with Crippen LogP contribution in [0.4, 0.5) is 8.78 Å². The third-order valence-electron chi connectivity index (χ3n) is 3.86. The largest absolute Gasteiger partial charge is 0.478 e. The minimum Gasteiger partial charge on any atom is -0.478 e.